The van der Waals surface area contributed by atoms with E-state index >= 15 is 0 Å². The van der Waals surface area contributed by atoms with E-state index in [9.17, 15) is 0 Å². The Balaban J connectivity index is 2.01. The van der Waals surface area contributed by atoms with E-state index in [1.54, 1.807) is 0 Å². The summed E-state index contributed by atoms with van der Waals surface area (Å²) >= 11 is 0. The highest BCUT2D eigenvalue weighted by atomic mass is 14.6. The topological polar surface area (TPSA) is 49.9 Å². The molecule has 3 rings (SSSR count). The molecule has 3 aromatic rings. The van der Waals surface area contributed by atoms with Crippen LogP contribution in [-0.2, 0) is 0 Å². The summed E-state index contributed by atoms with van der Waals surface area (Å²) in [6.07, 6.45) is 0. The Labute approximate surface area is 124 Å². The van der Waals surface area contributed by atoms with Crippen molar-refractivity contribution in [3.63, 3.8) is 0 Å². The fraction of sp³-hybridized carbons (Fsp3) is 0. The molecule has 3 N–H and O–H groups in total. The number of anilines is 1. The molecule has 0 spiro atoms. The predicted octanol–water partition coefficient (Wildman–Crippen LogP) is 4.35. The molecule has 2 nitrogen and oxygen atoms in total. The Hall–Kier alpha value is -2.87. The van der Waals surface area contributed by atoms with Crippen molar-refractivity contribution < 1.29 is 0 Å². The van der Waals surface area contributed by atoms with Gasteiger partial charge in [-0.2, -0.15) is 0 Å². The van der Waals surface area contributed by atoms with Crippen LogP contribution >= 0.6 is 0 Å². The Kier molecular flexibility index (Phi) is 3.52. The van der Waals surface area contributed by atoms with Gasteiger partial charge in [0.25, 0.3) is 0 Å². The minimum Gasteiger partial charge on any atom is -0.398 e. The summed E-state index contributed by atoms with van der Waals surface area (Å²) in [5.74, 6) is 0. The number of nitrogens with two attached hydrogens (primary N) is 1. The third-order valence-corrected chi connectivity index (χ3v) is 3.49. The molecule has 0 atom stereocenters. The van der Waals surface area contributed by atoms with Gasteiger partial charge in [-0.1, -0.05) is 66.7 Å². The van der Waals surface area contributed by atoms with Crippen LogP contribution < -0.4 is 5.73 Å². The van der Waals surface area contributed by atoms with Crippen molar-refractivity contribution >= 4 is 11.4 Å². The number of rotatable bonds is 3. The van der Waals surface area contributed by atoms with Crippen molar-refractivity contribution in [2.45, 2.75) is 0 Å². The average molecular weight is 272 g/mol. The SMILES string of the molecule is N=C(c1cccc(-c2ccccc2)c1)c1ccccc1N. The number of hydrogen-bond acceptors (Lipinski definition) is 2. The fourth-order valence-corrected chi connectivity index (χ4v) is 2.37. The van der Waals surface area contributed by atoms with E-state index in [-0.39, 0.29) is 0 Å². The van der Waals surface area contributed by atoms with Crippen LogP contribution in [0.2, 0.25) is 0 Å². The van der Waals surface area contributed by atoms with Crippen molar-refractivity contribution in [1.82, 2.24) is 0 Å². The summed E-state index contributed by atoms with van der Waals surface area (Å²) in [6, 6.07) is 25.7. The van der Waals surface area contributed by atoms with Crippen LogP contribution in [0.25, 0.3) is 11.1 Å². The standard InChI is InChI=1S/C19H16N2/c20-18-12-5-4-11-17(18)19(21)16-10-6-9-15(13-16)14-7-2-1-3-8-14/h1-13,21H,20H2. The number of nitrogen functional groups attached to an aromatic ring is 1. The van der Waals surface area contributed by atoms with Crippen LogP contribution in [-0.4, -0.2) is 5.71 Å². The zero-order valence-corrected chi connectivity index (χ0v) is 11.6. The Bertz CT molecular complexity index is 776. The van der Waals surface area contributed by atoms with E-state index < -0.39 is 0 Å². The van der Waals surface area contributed by atoms with E-state index in [0.29, 0.717) is 11.4 Å². The molecule has 0 saturated heterocycles. The number of nitrogens with one attached hydrogen (secondary N) is 1. The molecule has 0 bridgehead atoms. The van der Waals surface area contributed by atoms with Crippen LogP contribution in [0.4, 0.5) is 5.69 Å². The van der Waals surface area contributed by atoms with Crippen molar-refractivity contribution in [2.24, 2.45) is 0 Å². The first kappa shape index (κ1) is 13.1. The maximum atomic E-state index is 8.39. The monoisotopic (exact) mass is 272 g/mol. The van der Waals surface area contributed by atoms with Gasteiger partial charge in [0.2, 0.25) is 0 Å². The van der Waals surface area contributed by atoms with Gasteiger partial charge in [0.1, 0.15) is 0 Å². The van der Waals surface area contributed by atoms with E-state index in [0.717, 1.165) is 22.3 Å². The highest BCUT2D eigenvalue weighted by Crippen LogP contribution is 2.22. The summed E-state index contributed by atoms with van der Waals surface area (Å²) in [7, 11) is 0. The quantitative estimate of drug-likeness (QED) is 0.540. The lowest BCUT2D eigenvalue weighted by Crippen LogP contribution is -2.05. The van der Waals surface area contributed by atoms with Crippen LogP contribution in [0.5, 0.6) is 0 Å². The lowest BCUT2D eigenvalue weighted by atomic mass is 9.97. The summed E-state index contributed by atoms with van der Waals surface area (Å²) in [5, 5.41) is 8.39. The maximum Gasteiger partial charge on any atom is 0.0705 e. The molecule has 0 saturated carbocycles. The third kappa shape index (κ3) is 2.70. The second-order valence-electron chi connectivity index (χ2n) is 4.91. The summed E-state index contributed by atoms with van der Waals surface area (Å²) in [6.45, 7) is 0. The molecule has 0 fully saturated rings. The van der Waals surface area contributed by atoms with Crippen molar-refractivity contribution in [2.75, 3.05) is 5.73 Å². The fourth-order valence-electron chi connectivity index (χ4n) is 2.37. The number of hydrogen-bond donors (Lipinski definition) is 2. The molecule has 21 heavy (non-hydrogen) atoms. The molecule has 0 aliphatic heterocycles. The lowest BCUT2D eigenvalue weighted by molar-refractivity contribution is 1.45. The molecule has 0 aliphatic carbocycles. The van der Waals surface area contributed by atoms with Gasteiger partial charge in [0.15, 0.2) is 0 Å². The van der Waals surface area contributed by atoms with Crippen LogP contribution in [0.1, 0.15) is 11.1 Å². The van der Waals surface area contributed by atoms with Gasteiger partial charge in [-0.25, -0.2) is 0 Å². The summed E-state index contributed by atoms with van der Waals surface area (Å²) in [4.78, 5) is 0. The van der Waals surface area contributed by atoms with E-state index in [1.165, 1.54) is 0 Å². The van der Waals surface area contributed by atoms with Crippen LogP contribution in [0, 0.1) is 5.41 Å². The van der Waals surface area contributed by atoms with Gasteiger partial charge in [-0.3, -0.25) is 5.41 Å². The first-order valence-corrected chi connectivity index (χ1v) is 6.85. The van der Waals surface area contributed by atoms with Gasteiger partial charge >= 0.3 is 0 Å². The Morgan fingerprint density at radius 1 is 0.714 bits per heavy atom. The highest BCUT2D eigenvalue weighted by molar-refractivity contribution is 6.14. The smallest absolute Gasteiger partial charge is 0.0705 e. The van der Waals surface area contributed by atoms with Crippen LogP contribution in [0.15, 0.2) is 78.9 Å². The Morgan fingerprint density at radius 3 is 2.14 bits per heavy atom. The maximum absolute atomic E-state index is 8.39. The van der Waals surface area contributed by atoms with Gasteiger partial charge in [-0.05, 0) is 23.3 Å². The van der Waals surface area contributed by atoms with Gasteiger partial charge in [0.05, 0.1) is 5.71 Å². The first-order chi connectivity index (χ1) is 10.3. The van der Waals surface area contributed by atoms with Crippen LogP contribution in [0.3, 0.4) is 0 Å². The minimum absolute atomic E-state index is 0.450. The third-order valence-electron chi connectivity index (χ3n) is 3.49. The molecular formula is C19H16N2. The van der Waals surface area contributed by atoms with E-state index in [1.807, 2.05) is 60.7 Å². The molecule has 0 aliphatic rings. The van der Waals surface area contributed by atoms with Gasteiger partial charge < -0.3 is 5.73 Å². The molecule has 0 radical (unpaired) electrons. The predicted molar refractivity (Wildman–Crippen MR) is 88.7 cm³/mol. The lowest BCUT2D eigenvalue weighted by Gasteiger charge is -2.09. The molecule has 0 heterocycles. The molecule has 102 valence electrons. The zero-order valence-electron chi connectivity index (χ0n) is 11.6. The number of para-hydroxylation sites is 1. The second-order valence-corrected chi connectivity index (χ2v) is 4.91. The Morgan fingerprint density at radius 2 is 1.38 bits per heavy atom. The second kappa shape index (κ2) is 5.63. The molecular weight excluding hydrogens is 256 g/mol. The summed E-state index contributed by atoms with van der Waals surface area (Å²) in [5.41, 5.74) is 10.9. The molecule has 2 heteroatoms. The van der Waals surface area contributed by atoms with Gasteiger partial charge in [0, 0.05) is 16.8 Å². The molecule has 0 aromatic heterocycles. The van der Waals surface area contributed by atoms with Crippen molar-refractivity contribution in [3.8, 4) is 11.1 Å². The molecule has 0 amide bonds. The van der Waals surface area contributed by atoms with E-state index in [4.69, 9.17) is 11.1 Å². The highest BCUT2D eigenvalue weighted by Gasteiger charge is 2.08. The normalized spacial score (nSPS) is 10.3. The van der Waals surface area contributed by atoms with Crippen molar-refractivity contribution in [1.29, 1.82) is 5.41 Å². The summed E-state index contributed by atoms with van der Waals surface area (Å²) < 4.78 is 0. The molecule has 3 aromatic carbocycles. The van der Waals surface area contributed by atoms with Gasteiger partial charge in [-0.15, -0.1) is 0 Å². The first-order valence-electron chi connectivity index (χ1n) is 6.85. The van der Waals surface area contributed by atoms with Crippen molar-refractivity contribution in [3.05, 3.63) is 90.0 Å². The van der Waals surface area contributed by atoms with E-state index in [2.05, 4.69) is 18.2 Å². The largest absolute Gasteiger partial charge is 0.398 e. The zero-order chi connectivity index (χ0) is 14.7. The molecule has 0 unspecified atom stereocenters. The minimum atomic E-state index is 0.450. The average Bonchev–Trinajstić information content (AvgIpc) is 2.56. The number of benzene rings is 3.